The molecule has 0 spiro atoms. The minimum atomic E-state index is -0.428. The highest BCUT2D eigenvalue weighted by Crippen LogP contribution is 2.44. The topological polar surface area (TPSA) is 81.0 Å². The Labute approximate surface area is 166 Å². The molecule has 3 N–H and O–H groups in total. The van der Waals surface area contributed by atoms with Crippen molar-refractivity contribution in [3.8, 4) is 11.5 Å². The first kappa shape index (κ1) is 17.4. The second-order valence-corrected chi connectivity index (χ2v) is 7.21. The van der Waals surface area contributed by atoms with Crippen molar-refractivity contribution in [1.82, 2.24) is 9.97 Å². The number of pyridine rings is 1. The van der Waals surface area contributed by atoms with Crippen LogP contribution in [0.2, 0.25) is 0 Å². The number of nitrogens with one attached hydrogen (secondary N) is 1. The number of H-pyrrole nitrogens is 1. The number of nitrogen functional groups attached to an aromatic ring is 1. The first-order chi connectivity index (χ1) is 14.1. The third-order valence-corrected chi connectivity index (χ3v) is 5.20. The molecule has 5 rings (SSSR count). The summed E-state index contributed by atoms with van der Waals surface area (Å²) < 4.78 is 19.6. The third kappa shape index (κ3) is 3.12. The summed E-state index contributed by atoms with van der Waals surface area (Å²) >= 11 is 0. The number of aromatic nitrogens is 2. The zero-order valence-electron chi connectivity index (χ0n) is 15.5. The normalized spacial score (nSPS) is 13.6. The predicted molar refractivity (Wildman–Crippen MR) is 109 cm³/mol. The Hall–Kier alpha value is -3.67. The van der Waals surface area contributed by atoms with Crippen LogP contribution in [0.25, 0.3) is 11.0 Å². The van der Waals surface area contributed by atoms with E-state index in [1.807, 2.05) is 6.07 Å². The van der Waals surface area contributed by atoms with E-state index >= 15 is 0 Å². The molecule has 0 amide bonds. The lowest BCUT2D eigenvalue weighted by Crippen LogP contribution is -2.06. The summed E-state index contributed by atoms with van der Waals surface area (Å²) in [5.41, 5.74) is 9.20. The molecular formula is C23H18FN3O2. The highest BCUT2D eigenvalue weighted by Gasteiger charge is 2.30. The monoisotopic (exact) mass is 387 g/mol. The molecule has 2 aromatic heterocycles. The van der Waals surface area contributed by atoms with Gasteiger partial charge in [-0.3, -0.25) is 4.79 Å². The SMILES string of the molecule is Nc1ccnc2[nH]cc(C(=O)c3ccc(Oc4ccccc4F)cc3C3CC3)c12. The summed E-state index contributed by atoms with van der Waals surface area (Å²) in [6.45, 7) is 0. The molecule has 1 aliphatic rings. The highest BCUT2D eigenvalue weighted by molar-refractivity contribution is 6.18. The van der Waals surface area contributed by atoms with E-state index in [-0.39, 0.29) is 11.5 Å². The van der Waals surface area contributed by atoms with Gasteiger partial charge < -0.3 is 15.5 Å². The Kier molecular flexibility index (Phi) is 4.05. The summed E-state index contributed by atoms with van der Waals surface area (Å²) in [6.07, 6.45) is 5.28. The number of rotatable bonds is 5. The van der Waals surface area contributed by atoms with Crippen molar-refractivity contribution in [3.63, 3.8) is 0 Å². The molecule has 0 aliphatic heterocycles. The van der Waals surface area contributed by atoms with Gasteiger partial charge in [0.2, 0.25) is 0 Å². The quantitative estimate of drug-likeness (QED) is 0.462. The fourth-order valence-corrected chi connectivity index (χ4v) is 3.60. The molecule has 29 heavy (non-hydrogen) atoms. The van der Waals surface area contributed by atoms with Gasteiger partial charge >= 0.3 is 0 Å². The average molecular weight is 387 g/mol. The second-order valence-electron chi connectivity index (χ2n) is 7.21. The van der Waals surface area contributed by atoms with Crippen molar-refractivity contribution in [2.45, 2.75) is 18.8 Å². The van der Waals surface area contributed by atoms with E-state index in [0.29, 0.717) is 39.5 Å². The summed E-state index contributed by atoms with van der Waals surface area (Å²) in [6, 6.07) is 13.2. The van der Waals surface area contributed by atoms with Gasteiger partial charge in [-0.25, -0.2) is 9.37 Å². The van der Waals surface area contributed by atoms with Gasteiger partial charge in [0.05, 0.1) is 10.9 Å². The third-order valence-electron chi connectivity index (χ3n) is 5.20. The fraction of sp³-hybridized carbons (Fsp3) is 0.130. The average Bonchev–Trinajstić information content (AvgIpc) is 3.48. The zero-order chi connectivity index (χ0) is 20.0. The van der Waals surface area contributed by atoms with Crippen molar-refractivity contribution >= 4 is 22.5 Å². The van der Waals surface area contributed by atoms with E-state index in [9.17, 15) is 9.18 Å². The van der Waals surface area contributed by atoms with Crippen LogP contribution < -0.4 is 10.5 Å². The molecular weight excluding hydrogens is 369 g/mol. The van der Waals surface area contributed by atoms with Crippen LogP contribution in [0, 0.1) is 5.82 Å². The summed E-state index contributed by atoms with van der Waals surface area (Å²) in [4.78, 5) is 20.6. The van der Waals surface area contributed by atoms with Crippen molar-refractivity contribution in [1.29, 1.82) is 0 Å². The van der Waals surface area contributed by atoms with Crippen LogP contribution in [0.15, 0.2) is 60.9 Å². The molecule has 5 nitrogen and oxygen atoms in total. The first-order valence-corrected chi connectivity index (χ1v) is 9.44. The van der Waals surface area contributed by atoms with Crippen LogP contribution in [-0.4, -0.2) is 15.8 Å². The van der Waals surface area contributed by atoms with Crippen LogP contribution in [0.5, 0.6) is 11.5 Å². The van der Waals surface area contributed by atoms with Crippen molar-refractivity contribution < 1.29 is 13.9 Å². The second kappa shape index (κ2) is 6.74. The molecule has 144 valence electrons. The number of anilines is 1. The molecule has 6 heteroatoms. The Morgan fingerprint density at radius 1 is 1.14 bits per heavy atom. The molecule has 0 saturated heterocycles. The number of hydrogen-bond acceptors (Lipinski definition) is 4. The van der Waals surface area contributed by atoms with Crippen molar-refractivity contribution in [2.75, 3.05) is 5.73 Å². The van der Waals surface area contributed by atoms with Crippen LogP contribution >= 0.6 is 0 Å². The number of ketones is 1. The van der Waals surface area contributed by atoms with E-state index in [4.69, 9.17) is 10.5 Å². The van der Waals surface area contributed by atoms with E-state index in [1.165, 1.54) is 6.07 Å². The maximum absolute atomic E-state index is 13.9. The maximum atomic E-state index is 13.9. The van der Waals surface area contributed by atoms with Gasteiger partial charge in [-0.15, -0.1) is 0 Å². The van der Waals surface area contributed by atoms with Crippen LogP contribution in [0.4, 0.5) is 10.1 Å². The van der Waals surface area contributed by atoms with E-state index < -0.39 is 5.82 Å². The zero-order valence-corrected chi connectivity index (χ0v) is 15.5. The van der Waals surface area contributed by atoms with Gasteiger partial charge in [-0.2, -0.15) is 0 Å². The fourth-order valence-electron chi connectivity index (χ4n) is 3.60. The van der Waals surface area contributed by atoms with E-state index in [2.05, 4.69) is 9.97 Å². The Bertz CT molecular complexity index is 1240. The number of carbonyl (C=O) groups is 1. The van der Waals surface area contributed by atoms with Gasteiger partial charge in [0.25, 0.3) is 0 Å². The maximum Gasteiger partial charge on any atom is 0.195 e. The number of ether oxygens (including phenoxy) is 1. The molecule has 1 saturated carbocycles. The van der Waals surface area contributed by atoms with Gasteiger partial charge in [-0.05, 0) is 60.7 Å². The number of aromatic amines is 1. The molecule has 0 atom stereocenters. The molecule has 1 fully saturated rings. The Balaban J connectivity index is 1.55. The lowest BCUT2D eigenvalue weighted by atomic mass is 9.95. The van der Waals surface area contributed by atoms with Gasteiger partial charge in [0.15, 0.2) is 17.3 Å². The lowest BCUT2D eigenvalue weighted by molar-refractivity contribution is 0.103. The van der Waals surface area contributed by atoms with E-state index in [0.717, 1.165) is 18.4 Å². The minimum absolute atomic E-state index is 0.115. The number of halogens is 1. The van der Waals surface area contributed by atoms with Crippen molar-refractivity contribution in [2.24, 2.45) is 0 Å². The molecule has 0 unspecified atom stereocenters. The standard InChI is InChI=1S/C23H18FN3O2/c24-18-3-1-2-4-20(18)29-14-7-8-15(16(11-14)13-5-6-13)22(28)17-12-27-23-21(17)19(25)9-10-26-23/h1-4,7-13H,5-6H2,(H3,25,26,27). The number of para-hydroxylation sites is 1. The molecule has 2 aromatic carbocycles. The van der Waals surface area contributed by atoms with Crippen LogP contribution in [0.1, 0.15) is 40.2 Å². The number of carbonyl (C=O) groups excluding carboxylic acids is 1. The molecule has 4 aromatic rings. The molecule has 1 aliphatic carbocycles. The number of hydrogen-bond donors (Lipinski definition) is 2. The molecule has 0 radical (unpaired) electrons. The molecule has 2 heterocycles. The first-order valence-electron chi connectivity index (χ1n) is 9.44. The van der Waals surface area contributed by atoms with Crippen molar-refractivity contribution in [3.05, 3.63) is 83.4 Å². The summed E-state index contributed by atoms with van der Waals surface area (Å²) in [5, 5.41) is 0.630. The largest absolute Gasteiger partial charge is 0.454 e. The number of benzene rings is 2. The number of nitrogens with two attached hydrogens (primary N) is 1. The Morgan fingerprint density at radius 2 is 1.97 bits per heavy atom. The smallest absolute Gasteiger partial charge is 0.195 e. The van der Waals surface area contributed by atoms with Gasteiger partial charge in [0, 0.05) is 23.6 Å². The van der Waals surface area contributed by atoms with Gasteiger partial charge in [0.1, 0.15) is 11.4 Å². The van der Waals surface area contributed by atoms with Gasteiger partial charge in [-0.1, -0.05) is 12.1 Å². The number of fused-ring (bicyclic) bond motifs is 1. The minimum Gasteiger partial charge on any atom is -0.454 e. The predicted octanol–water partition coefficient (Wildman–Crippen LogP) is 5.18. The van der Waals surface area contributed by atoms with E-state index in [1.54, 1.807) is 48.8 Å². The molecule has 0 bridgehead atoms. The number of nitrogens with zero attached hydrogens (tertiary/aromatic N) is 1. The summed E-state index contributed by atoms with van der Waals surface area (Å²) in [5.74, 6) is 0.425. The summed E-state index contributed by atoms with van der Waals surface area (Å²) in [7, 11) is 0. The van der Waals surface area contributed by atoms with Crippen LogP contribution in [-0.2, 0) is 0 Å². The van der Waals surface area contributed by atoms with Crippen LogP contribution in [0.3, 0.4) is 0 Å². The lowest BCUT2D eigenvalue weighted by Gasteiger charge is -2.12. The highest BCUT2D eigenvalue weighted by atomic mass is 19.1. The Morgan fingerprint density at radius 3 is 2.76 bits per heavy atom.